The first-order valence-electron chi connectivity index (χ1n) is 4.82. The zero-order valence-corrected chi connectivity index (χ0v) is 7.01. The molecule has 11 heavy (non-hydrogen) atoms. The topological polar surface area (TPSA) is 21.3 Å². The lowest BCUT2D eigenvalue weighted by Crippen LogP contribution is -2.38. The van der Waals surface area contributed by atoms with Crippen LogP contribution in [0.25, 0.3) is 0 Å². The van der Waals surface area contributed by atoms with Crippen molar-refractivity contribution in [1.29, 1.82) is 0 Å². The lowest BCUT2D eigenvalue weighted by molar-refractivity contribution is -0.00350. The summed E-state index contributed by atoms with van der Waals surface area (Å²) >= 11 is 0. The molecule has 2 fully saturated rings. The second-order valence-electron chi connectivity index (χ2n) is 3.61. The van der Waals surface area contributed by atoms with Crippen LogP contribution in [-0.4, -0.2) is 25.3 Å². The molecule has 0 bridgehead atoms. The molecule has 1 N–H and O–H groups in total. The molecule has 2 heteroatoms. The van der Waals surface area contributed by atoms with Gasteiger partial charge in [-0.15, -0.1) is 0 Å². The van der Waals surface area contributed by atoms with Crippen LogP contribution in [0.3, 0.4) is 0 Å². The van der Waals surface area contributed by atoms with Crippen LogP contribution in [-0.2, 0) is 4.74 Å². The van der Waals surface area contributed by atoms with Crippen LogP contribution >= 0.6 is 0 Å². The molecule has 2 aliphatic heterocycles. The van der Waals surface area contributed by atoms with Crippen molar-refractivity contribution in [3.63, 3.8) is 0 Å². The van der Waals surface area contributed by atoms with Crippen LogP contribution in [0.15, 0.2) is 0 Å². The van der Waals surface area contributed by atoms with E-state index in [1.54, 1.807) is 0 Å². The van der Waals surface area contributed by atoms with E-state index in [-0.39, 0.29) is 0 Å². The van der Waals surface area contributed by atoms with E-state index in [1.807, 2.05) is 0 Å². The standard InChI is InChI=1S/C9H17NO/c1-2-7-11-9(5-1)8-4-3-6-10-8/h8-10H,1-7H2. The normalized spacial score (nSPS) is 39.3. The SMILES string of the molecule is C1CCC(C2CCCN2)OC1. The quantitative estimate of drug-likeness (QED) is 0.616. The molecule has 0 aromatic carbocycles. The Labute approximate surface area is 68.3 Å². The number of ether oxygens (including phenoxy) is 1. The van der Waals surface area contributed by atoms with E-state index in [4.69, 9.17) is 4.74 Å². The maximum absolute atomic E-state index is 5.70. The van der Waals surface area contributed by atoms with Gasteiger partial charge in [-0.05, 0) is 38.6 Å². The molecule has 2 heterocycles. The highest BCUT2D eigenvalue weighted by Crippen LogP contribution is 2.20. The average Bonchev–Trinajstić information content (AvgIpc) is 2.58. The van der Waals surface area contributed by atoms with Crippen molar-refractivity contribution >= 4 is 0 Å². The highest BCUT2D eigenvalue weighted by molar-refractivity contribution is 4.83. The van der Waals surface area contributed by atoms with Crippen molar-refractivity contribution in [3.05, 3.63) is 0 Å². The van der Waals surface area contributed by atoms with E-state index >= 15 is 0 Å². The molecule has 2 aliphatic rings. The largest absolute Gasteiger partial charge is 0.377 e. The Morgan fingerprint density at radius 2 is 2.09 bits per heavy atom. The van der Waals surface area contributed by atoms with Crippen molar-refractivity contribution in [1.82, 2.24) is 5.32 Å². The third-order valence-electron chi connectivity index (χ3n) is 2.76. The van der Waals surface area contributed by atoms with E-state index in [9.17, 15) is 0 Å². The van der Waals surface area contributed by atoms with Gasteiger partial charge in [0.1, 0.15) is 0 Å². The summed E-state index contributed by atoms with van der Waals surface area (Å²) in [5, 5.41) is 3.50. The summed E-state index contributed by atoms with van der Waals surface area (Å²) in [6.45, 7) is 2.19. The molecule has 0 aromatic rings. The van der Waals surface area contributed by atoms with E-state index in [0.29, 0.717) is 12.1 Å². The number of hydrogen-bond donors (Lipinski definition) is 1. The first-order chi connectivity index (χ1) is 5.47. The minimum absolute atomic E-state index is 0.534. The zero-order valence-electron chi connectivity index (χ0n) is 7.01. The smallest absolute Gasteiger partial charge is 0.0728 e. The summed E-state index contributed by atoms with van der Waals surface area (Å²) < 4.78 is 5.70. The van der Waals surface area contributed by atoms with Gasteiger partial charge in [-0.3, -0.25) is 0 Å². The van der Waals surface area contributed by atoms with Gasteiger partial charge in [0.15, 0.2) is 0 Å². The third kappa shape index (κ3) is 1.74. The molecule has 2 atom stereocenters. The van der Waals surface area contributed by atoms with Crippen molar-refractivity contribution in [2.24, 2.45) is 0 Å². The van der Waals surface area contributed by atoms with Gasteiger partial charge in [-0.1, -0.05) is 0 Å². The van der Waals surface area contributed by atoms with Crippen LogP contribution in [0.1, 0.15) is 32.1 Å². The van der Waals surface area contributed by atoms with Gasteiger partial charge in [0.25, 0.3) is 0 Å². The summed E-state index contributed by atoms with van der Waals surface area (Å²) in [5.74, 6) is 0. The molecule has 64 valence electrons. The second kappa shape index (κ2) is 3.55. The van der Waals surface area contributed by atoms with E-state index < -0.39 is 0 Å². The molecule has 2 nitrogen and oxygen atoms in total. The fraction of sp³-hybridized carbons (Fsp3) is 1.00. The lowest BCUT2D eigenvalue weighted by Gasteiger charge is -2.27. The molecular weight excluding hydrogens is 138 g/mol. The van der Waals surface area contributed by atoms with Gasteiger partial charge in [0.05, 0.1) is 6.10 Å². The first kappa shape index (κ1) is 7.56. The predicted octanol–water partition coefficient (Wildman–Crippen LogP) is 1.31. The summed E-state index contributed by atoms with van der Waals surface area (Å²) in [4.78, 5) is 0. The molecule has 0 aromatic heterocycles. The molecule has 2 unspecified atom stereocenters. The molecule has 2 rings (SSSR count). The maximum Gasteiger partial charge on any atom is 0.0728 e. The van der Waals surface area contributed by atoms with Crippen molar-refractivity contribution in [2.75, 3.05) is 13.2 Å². The summed E-state index contributed by atoms with van der Waals surface area (Å²) in [6, 6.07) is 0.676. The van der Waals surface area contributed by atoms with Crippen LogP contribution in [0.5, 0.6) is 0 Å². The minimum Gasteiger partial charge on any atom is -0.377 e. The summed E-state index contributed by atoms with van der Waals surface area (Å²) in [6.07, 6.45) is 7.10. The average molecular weight is 155 g/mol. The minimum atomic E-state index is 0.534. The van der Waals surface area contributed by atoms with Gasteiger partial charge in [0.2, 0.25) is 0 Å². The first-order valence-corrected chi connectivity index (χ1v) is 4.82. The van der Waals surface area contributed by atoms with E-state index in [0.717, 1.165) is 6.61 Å². The van der Waals surface area contributed by atoms with Gasteiger partial charge in [0, 0.05) is 12.6 Å². The number of nitrogens with one attached hydrogen (secondary N) is 1. The van der Waals surface area contributed by atoms with E-state index in [1.165, 1.54) is 38.6 Å². The van der Waals surface area contributed by atoms with Crippen LogP contribution < -0.4 is 5.32 Å². The van der Waals surface area contributed by atoms with Crippen LogP contribution in [0.2, 0.25) is 0 Å². The zero-order chi connectivity index (χ0) is 7.52. The molecular formula is C9H17NO. The van der Waals surface area contributed by atoms with Gasteiger partial charge < -0.3 is 10.1 Å². The van der Waals surface area contributed by atoms with Gasteiger partial charge in [-0.2, -0.15) is 0 Å². The number of rotatable bonds is 1. The molecule has 0 aliphatic carbocycles. The Balaban J connectivity index is 1.82. The Morgan fingerprint density at radius 3 is 2.73 bits per heavy atom. The Hall–Kier alpha value is -0.0800. The molecule has 0 spiro atoms. The molecule has 0 saturated carbocycles. The maximum atomic E-state index is 5.70. The van der Waals surface area contributed by atoms with Crippen molar-refractivity contribution < 1.29 is 4.74 Å². The third-order valence-corrected chi connectivity index (χ3v) is 2.76. The number of hydrogen-bond acceptors (Lipinski definition) is 2. The fourth-order valence-corrected chi connectivity index (χ4v) is 2.11. The van der Waals surface area contributed by atoms with Crippen LogP contribution in [0.4, 0.5) is 0 Å². The summed E-state index contributed by atoms with van der Waals surface area (Å²) in [7, 11) is 0. The second-order valence-corrected chi connectivity index (χ2v) is 3.61. The Kier molecular flexibility index (Phi) is 2.44. The fourth-order valence-electron chi connectivity index (χ4n) is 2.11. The molecule has 0 radical (unpaired) electrons. The van der Waals surface area contributed by atoms with Gasteiger partial charge >= 0.3 is 0 Å². The van der Waals surface area contributed by atoms with Crippen molar-refractivity contribution in [3.8, 4) is 0 Å². The Bertz CT molecular complexity index is 115. The molecule has 2 saturated heterocycles. The monoisotopic (exact) mass is 155 g/mol. The van der Waals surface area contributed by atoms with E-state index in [2.05, 4.69) is 5.32 Å². The summed E-state index contributed by atoms with van der Waals surface area (Å²) in [5.41, 5.74) is 0. The van der Waals surface area contributed by atoms with Gasteiger partial charge in [-0.25, -0.2) is 0 Å². The predicted molar refractivity (Wildman–Crippen MR) is 44.6 cm³/mol. The van der Waals surface area contributed by atoms with Crippen molar-refractivity contribution in [2.45, 2.75) is 44.2 Å². The highest BCUT2D eigenvalue weighted by atomic mass is 16.5. The molecule has 0 amide bonds. The Morgan fingerprint density at radius 1 is 1.09 bits per heavy atom. The van der Waals surface area contributed by atoms with Crippen LogP contribution in [0, 0.1) is 0 Å². The highest BCUT2D eigenvalue weighted by Gasteiger charge is 2.26. The lowest BCUT2D eigenvalue weighted by atomic mass is 10.0.